The third kappa shape index (κ3) is 5.00. The summed E-state index contributed by atoms with van der Waals surface area (Å²) in [6.07, 6.45) is 0. The zero-order valence-corrected chi connectivity index (χ0v) is 28.8. The maximum absolute atomic E-state index is 14.8. The van der Waals surface area contributed by atoms with E-state index in [1.165, 1.54) is 12.1 Å². The van der Waals surface area contributed by atoms with Crippen molar-refractivity contribution in [1.29, 1.82) is 5.26 Å². The van der Waals surface area contributed by atoms with E-state index in [2.05, 4.69) is 100 Å². The number of hydrogen-bond acceptors (Lipinski definition) is 1. The van der Waals surface area contributed by atoms with Crippen molar-refractivity contribution in [3.63, 3.8) is 0 Å². The smallest absolute Gasteiger partial charge is 0.126 e. The molecule has 254 valence electrons. The zero-order chi connectivity index (χ0) is 36.3. The van der Waals surface area contributed by atoms with Gasteiger partial charge < -0.3 is 9.13 Å². The van der Waals surface area contributed by atoms with Crippen LogP contribution in [0.5, 0.6) is 0 Å². The van der Waals surface area contributed by atoms with Crippen molar-refractivity contribution in [2.45, 2.75) is 0 Å². The highest BCUT2D eigenvalue weighted by Crippen LogP contribution is 2.42. The molecule has 0 atom stereocenters. The molecule has 54 heavy (non-hydrogen) atoms. The Bertz CT molecular complexity index is 3110. The minimum atomic E-state index is -0.709. The van der Waals surface area contributed by atoms with E-state index in [-0.39, 0.29) is 5.56 Å². The minimum absolute atomic E-state index is 0.288. The zero-order valence-electron chi connectivity index (χ0n) is 28.8. The van der Waals surface area contributed by atoms with E-state index in [0.29, 0.717) is 11.1 Å². The van der Waals surface area contributed by atoms with E-state index in [9.17, 15) is 14.0 Å². The van der Waals surface area contributed by atoms with Crippen LogP contribution >= 0.6 is 0 Å². The predicted molar refractivity (Wildman–Crippen MR) is 216 cm³/mol. The van der Waals surface area contributed by atoms with Crippen LogP contribution in [0.4, 0.5) is 8.78 Å². The predicted octanol–water partition coefficient (Wildman–Crippen LogP) is 13.0. The normalized spacial score (nSPS) is 11.5. The third-order valence-corrected chi connectivity index (χ3v) is 10.5. The van der Waals surface area contributed by atoms with Gasteiger partial charge in [0.05, 0.1) is 45.1 Å². The first-order chi connectivity index (χ1) is 26.6. The highest BCUT2D eigenvalue weighted by atomic mass is 19.1. The molecule has 0 aliphatic heterocycles. The lowest BCUT2D eigenvalue weighted by molar-refractivity contribution is 0.584. The highest BCUT2D eigenvalue weighted by Gasteiger charge is 2.23. The summed E-state index contributed by atoms with van der Waals surface area (Å²) in [5, 5.41) is 15.0. The molecule has 10 rings (SSSR count). The van der Waals surface area contributed by atoms with Gasteiger partial charge in [0.2, 0.25) is 0 Å². The number of halogens is 2. The molecule has 0 unspecified atom stereocenters. The monoisotopic (exact) mass is 697 g/mol. The van der Waals surface area contributed by atoms with Crippen LogP contribution in [0.15, 0.2) is 176 Å². The summed E-state index contributed by atoms with van der Waals surface area (Å²) in [5.41, 5.74) is 10.7. The average molecular weight is 698 g/mol. The molecule has 10 aromatic rings. The Hall–Kier alpha value is -7.29. The summed E-state index contributed by atoms with van der Waals surface area (Å²) in [5.74, 6) is -1.42. The van der Waals surface area contributed by atoms with Crippen LogP contribution in [-0.4, -0.2) is 9.13 Å². The Morgan fingerprint density at radius 1 is 0.370 bits per heavy atom. The molecule has 0 bridgehead atoms. The Labute approximate surface area is 309 Å². The van der Waals surface area contributed by atoms with Crippen molar-refractivity contribution >= 4 is 43.6 Å². The number of aromatic nitrogens is 2. The van der Waals surface area contributed by atoms with Crippen LogP contribution in [0.1, 0.15) is 5.56 Å². The number of nitriles is 1. The summed E-state index contributed by atoms with van der Waals surface area (Å²) in [4.78, 5) is 0. The van der Waals surface area contributed by atoms with E-state index in [0.717, 1.165) is 83.3 Å². The first-order valence-corrected chi connectivity index (χ1v) is 17.8. The van der Waals surface area contributed by atoms with Crippen molar-refractivity contribution in [3.8, 4) is 50.8 Å². The maximum Gasteiger partial charge on any atom is 0.126 e. The molecule has 2 heterocycles. The number of para-hydroxylation sites is 2. The molecule has 2 aromatic heterocycles. The van der Waals surface area contributed by atoms with Gasteiger partial charge in [0.1, 0.15) is 11.6 Å². The maximum atomic E-state index is 14.8. The van der Waals surface area contributed by atoms with Crippen molar-refractivity contribution in [2.24, 2.45) is 0 Å². The molecule has 8 aromatic carbocycles. The van der Waals surface area contributed by atoms with Gasteiger partial charge in [0, 0.05) is 33.2 Å². The average Bonchev–Trinajstić information content (AvgIpc) is 3.72. The molecule has 0 amide bonds. The number of rotatable bonds is 5. The van der Waals surface area contributed by atoms with E-state index < -0.39 is 11.6 Å². The molecule has 0 N–H and O–H groups in total. The van der Waals surface area contributed by atoms with Gasteiger partial charge >= 0.3 is 0 Å². The topological polar surface area (TPSA) is 33.6 Å². The first-order valence-electron chi connectivity index (χ1n) is 17.8. The molecule has 0 radical (unpaired) electrons. The molecule has 0 saturated heterocycles. The molecule has 0 spiro atoms. The van der Waals surface area contributed by atoms with Gasteiger partial charge in [0.15, 0.2) is 0 Å². The summed E-state index contributed by atoms with van der Waals surface area (Å²) >= 11 is 0. The standard InChI is InChI=1S/C49H29F2N3/c50-37-23-35(24-38(51)28-37)43-29-49(54-45-18-10-8-16-40(45)42-22-20-34(26-47(42)54)32-13-5-2-6-14-32)48(27-36(43)30-52)53-44-17-9-7-15-39(44)41-21-19-33(25-46(41)53)31-11-3-1-4-12-31/h1-29H. The fourth-order valence-corrected chi connectivity index (χ4v) is 8.06. The Morgan fingerprint density at radius 2 is 0.815 bits per heavy atom. The number of fused-ring (bicyclic) bond motifs is 6. The third-order valence-electron chi connectivity index (χ3n) is 10.5. The summed E-state index contributed by atoms with van der Waals surface area (Å²) in [6, 6.07) is 59.7. The van der Waals surface area contributed by atoms with Crippen LogP contribution in [0.2, 0.25) is 0 Å². The van der Waals surface area contributed by atoms with Crippen molar-refractivity contribution in [2.75, 3.05) is 0 Å². The van der Waals surface area contributed by atoms with Crippen molar-refractivity contribution in [1.82, 2.24) is 9.13 Å². The largest absolute Gasteiger partial charge is 0.307 e. The Kier molecular flexibility index (Phi) is 7.24. The van der Waals surface area contributed by atoms with Crippen molar-refractivity contribution in [3.05, 3.63) is 193 Å². The van der Waals surface area contributed by atoms with Crippen LogP contribution in [0, 0.1) is 23.0 Å². The lowest BCUT2D eigenvalue weighted by Crippen LogP contribution is -2.06. The van der Waals surface area contributed by atoms with Gasteiger partial charge in [-0.2, -0.15) is 5.26 Å². The quantitative estimate of drug-likeness (QED) is 0.176. The number of nitrogens with zero attached hydrogens (tertiary/aromatic N) is 3. The van der Waals surface area contributed by atoms with Gasteiger partial charge in [-0.1, -0.05) is 121 Å². The van der Waals surface area contributed by atoms with E-state index >= 15 is 0 Å². The lowest BCUT2D eigenvalue weighted by atomic mass is 9.97. The summed E-state index contributed by atoms with van der Waals surface area (Å²) in [7, 11) is 0. The van der Waals surface area contributed by atoms with Crippen LogP contribution in [-0.2, 0) is 0 Å². The molecular weight excluding hydrogens is 669 g/mol. The summed E-state index contributed by atoms with van der Waals surface area (Å²) < 4.78 is 34.1. The SMILES string of the molecule is N#Cc1cc(-n2c3ccccc3c3ccc(-c4ccccc4)cc32)c(-n2c3ccccc3c3ccc(-c4ccccc4)cc32)cc1-c1cc(F)cc(F)c1. The fraction of sp³-hybridized carbons (Fsp3) is 0. The summed E-state index contributed by atoms with van der Waals surface area (Å²) in [6.45, 7) is 0. The fourth-order valence-electron chi connectivity index (χ4n) is 8.06. The van der Waals surface area contributed by atoms with Gasteiger partial charge in [-0.25, -0.2) is 8.78 Å². The second-order valence-corrected chi connectivity index (χ2v) is 13.6. The van der Waals surface area contributed by atoms with Crippen molar-refractivity contribution < 1.29 is 8.78 Å². The molecule has 5 heteroatoms. The van der Waals surface area contributed by atoms with Crippen LogP contribution in [0.3, 0.4) is 0 Å². The van der Waals surface area contributed by atoms with Gasteiger partial charge in [-0.05, 0) is 76.3 Å². The number of benzene rings is 8. The minimum Gasteiger partial charge on any atom is -0.307 e. The van der Waals surface area contributed by atoms with Crippen LogP contribution in [0.25, 0.3) is 88.4 Å². The molecular formula is C49H29F2N3. The highest BCUT2D eigenvalue weighted by molar-refractivity contribution is 6.12. The van der Waals surface area contributed by atoms with E-state index in [1.807, 2.05) is 72.8 Å². The number of hydrogen-bond donors (Lipinski definition) is 0. The van der Waals surface area contributed by atoms with E-state index in [4.69, 9.17) is 0 Å². The van der Waals surface area contributed by atoms with Crippen LogP contribution < -0.4 is 0 Å². The van der Waals surface area contributed by atoms with Gasteiger partial charge in [-0.3, -0.25) is 0 Å². The van der Waals surface area contributed by atoms with Gasteiger partial charge in [0.25, 0.3) is 0 Å². The molecule has 3 nitrogen and oxygen atoms in total. The molecule has 0 aliphatic rings. The molecule has 0 fully saturated rings. The van der Waals surface area contributed by atoms with Gasteiger partial charge in [-0.15, -0.1) is 0 Å². The van der Waals surface area contributed by atoms with E-state index in [1.54, 1.807) is 0 Å². The molecule has 0 aliphatic carbocycles. The lowest BCUT2D eigenvalue weighted by Gasteiger charge is -2.20. The Morgan fingerprint density at radius 3 is 1.31 bits per heavy atom. The second kappa shape index (κ2) is 12.4. The first kappa shape index (κ1) is 31.4. The second-order valence-electron chi connectivity index (χ2n) is 13.6. The Balaban J connectivity index is 1.37. The molecule has 0 saturated carbocycles.